The normalized spacial score (nSPS) is 15.3. The zero-order chi connectivity index (χ0) is 21.2. The molecular weight excluding hydrogens is 431 g/mol. The second-order valence-electron chi connectivity index (χ2n) is 6.43. The molecule has 2 aromatic rings. The molecule has 2 aromatic heterocycles. The number of nitrogens with one attached hydrogen (secondary N) is 1. The van der Waals surface area contributed by atoms with Crippen LogP contribution in [0.15, 0.2) is 24.4 Å². The third-order valence-electron chi connectivity index (χ3n) is 4.55. The van der Waals surface area contributed by atoms with Gasteiger partial charge in [-0.2, -0.15) is 13.2 Å². The summed E-state index contributed by atoms with van der Waals surface area (Å²) in [4.78, 5) is 30.0. The second-order valence-corrected chi connectivity index (χ2v) is 7.92. The topological polar surface area (TPSA) is 71.5 Å². The minimum absolute atomic E-state index is 0.0725. The number of hydrogen-bond acceptors (Lipinski definition) is 6. The van der Waals surface area contributed by atoms with Gasteiger partial charge in [-0.05, 0) is 31.0 Å². The number of anilines is 2. The highest BCUT2D eigenvalue weighted by Crippen LogP contribution is 2.35. The summed E-state index contributed by atoms with van der Waals surface area (Å²) in [6.07, 6.45) is -2.74. The van der Waals surface area contributed by atoms with Crippen LogP contribution in [-0.2, 0) is 15.7 Å². The second kappa shape index (κ2) is 8.58. The Balaban J connectivity index is 1.58. The van der Waals surface area contributed by atoms with E-state index in [0.29, 0.717) is 35.8 Å². The van der Waals surface area contributed by atoms with Crippen LogP contribution in [0, 0.1) is 5.92 Å². The van der Waals surface area contributed by atoms with Crippen LogP contribution in [0.4, 0.5) is 24.0 Å². The van der Waals surface area contributed by atoms with Crippen LogP contribution in [0.5, 0.6) is 0 Å². The van der Waals surface area contributed by atoms with E-state index < -0.39 is 17.7 Å². The Morgan fingerprint density at radius 3 is 2.59 bits per heavy atom. The van der Waals surface area contributed by atoms with Gasteiger partial charge in [0.1, 0.15) is 10.7 Å². The molecule has 0 saturated carbocycles. The summed E-state index contributed by atoms with van der Waals surface area (Å²) >= 11 is 7.12. The molecule has 0 aliphatic carbocycles. The Morgan fingerprint density at radius 1 is 1.31 bits per heavy atom. The molecule has 29 heavy (non-hydrogen) atoms. The number of thiophene rings is 1. The lowest BCUT2D eigenvalue weighted by Crippen LogP contribution is -2.38. The molecule has 6 nitrogen and oxygen atoms in total. The fourth-order valence-electron chi connectivity index (χ4n) is 3.01. The molecule has 0 atom stereocenters. The van der Waals surface area contributed by atoms with E-state index in [1.165, 1.54) is 7.11 Å². The maximum Gasteiger partial charge on any atom is 0.417 e. The number of methoxy groups -OCH3 is 1. The molecule has 3 heterocycles. The van der Waals surface area contributed by atoms with Crippen LogP contribution in [-0.4, -0.2) is 37.1 Å². The Morgan fingerprint density at radius 2 is 2.00 bits per heavy atom. The molecule has 0 unspecified atom stereocenters. The number of piperidine rings is 1. The van der Waals surface area contributed by atoms with Crippen molar-refractivity contribution in [3.05, 3.63) is 39.9 Å². The van der Waals surface area contributed by atoms with Crippen molar-refractivity contribution in [2.45, 2.75) is 19.0 Å². The van der Waals surface area contributed by atoms with E-state index >= 15 is 0 Å². The van der Waals surface area contributed by atoms with Gasteiger partial charge in [0.05, 0.1) is 22.7 Å². The van der Waals surface area contributed by atoms with Crippen LogP contribution in [0.1, 0.15) is 28.1 Å². The molecule has 0 radical (unpaired) electrons. The number of carbonyl (C=O) groups excluding carboxylic acids is 2. The van der Waals surface area contributed by atoms with E-state index in [0.717, 1.165) is 23.6 Å². The molecule has 3 rings (SSSR count). The number of pyridine rings is 1. The van der Waals surface area contributed by atoms with Crippen LogP contribution in [0.2, 0.25) is 5.02 Å². The molecule has 1 aliphatic rings. The Kier molecular flexibility index (Phi) is 6.33. The molecule has 1 saturated heterocycles. The summed E-state index contributed by atoms with van der Waals surface area (Å²) in [6, 6.07) is 4.07. The van der Waals surface area contributed by atoms with E-state index in [-0.39, 0.29) is 22.7 Å². The van der Waals surface area contributed by atoms with Crippen LogP contribution >= 0.6 is 22.9 Å². The number of nitrogens with zero attached hydrogens (tertiary/aromatic N) is 2. The zero-order valence-corrected chi connectivity index (χ0v) is 16.8. The minimum Gasteiger partial charge on any atom is -0.465 e. The van der Waals surface area contributed by atoms with Gasteiger partial charge in [-0.1, -0.05) is 11.6 Å². The van der Waals surface area contributed by atoms with E-state index in [1.54, 1.807) is 17.0 Å². The number of alkyl halides is 3. The zero-order valence-electron chi connectivity index (χ0n) is 15.3. The maximum absolute atomic E-state index is 12.7. The number of esters is 1. The molecular formula is C18H17ClF3N3O3S. The van der Waals surface area contributed by atoms with Crippen LogP contribution < -0.4 is 10.2 Å². The fraction of sp³-hybridized carbons (Fsp3) is 0.389. The first-order chi connectivity index (χ1) is 13.7. The molecule has 0 aromatic carbocycles. The summed E-state index contributed by atoms with van der Waals surface area (Å²) in [6.45, 7) is 0.877. The highest BCUT2D eigenvalue weighted by atomic mass is 35.5. The van der Waals surface area contributed by atoms with E-state index in [4.69, 9.17) is 11.6 Å². The summed E-state index contributed by atoms with van der Waals surface area (Å²) in [5.41, 5.74) is -0.900. The van der Waals surface area contributed by atoms with Gasteiger partial charge in [0.25, 0.3) is 0 Å². The lowest BCUT2D eigenvalue weighted by atomic mass is 9.96. The first-order valence-electron chi connectivity index (χ1n) is 8.65. The molecule has 1 aliphatic heterocycles. The Hall–Kier alpha value is -2.33. The minimum atomic E-state index is -4.50. The predicted molar refractivity (Wildman–Crippen MR) is 103 cm³/mol. The Labute approximate surface area is 173 Å². The van der Waals surface area contributed by atoms with E-state index in [9.17, 15) is 22.8 Å². The molecule has 1 amide bonds. The van der Waals surface area contributed by atoms with Gasteiger partial charge in [-0.25, -0.2) is 9.78 Å². The summed E-state index contributed by atoms with van der Waals surface area (Å²) in [7, 11) is 1.28. The lowest BCUT2D eigenvalue weighted by Gasteiger charge is -2.32. The monoisotopic (exact) mass is 447 g/mol. The number of rotatable bonds is 4. The summed E-state index contributed by atoms with van der Waals surface area (Å²) in [5.74, 6) is -0.623. The van der Waals surface area contributed by atoms with Crippen molar-refractivity contribution in [1.82, 2.24) is 4.98 Å². The molecule has 0 spiro atoms. The van der Waals surface area contributed by atoms with Gasteiger partial charge >= 0.3 is 12.1 Å². The van der Waals surface area contributed by atoms with Crippen molar-refractivity contribution in [1.29, 1.82) is 0 Å². The fourth-order valence-corrected chi connectivity index (χ4v) is 4.12. The smallest absolute Gasteiger partial charge is 0.417 e. The largest absolute Gasteiger partial charge is 0.465 e. The number of hydrogen-bond donors (Lipinski definition) is 1. The van der Waals surface area contributed by atoms with Gasteiger partial charge in [0.2, 0.25) is 5.91 Å². The van der Waals surface area contributed by atoms with Gasteiger partial charge in [-0.15, -0.1) is 11.3 Å². The van der Waals surface area contributed by atoms with Crippen LogP contribution in [0.25, 0.3) is 0 Å². The molecule has 156 valence electrons. The number of halogens is 4. The highest BCUT2D eigenvalue weighted by Gasteiger charge is 2.33. The van der Waals surface area contributed by atoms with Crippen molar-refractivity contribution < 1.29 is 27.5 Å². The highest BCUT2D eigenvalue weighted by molar-refractivity contribution is 7.18. The van der Waals surface area contributed by atoms with E-state index in [1.807, 2.05) is 0 Å². The van der Waals surface area contributed by atoms with Crippen molar-refractivity contribution in [2.75, 3.05) is 30.4 Å². The van der Waals surface area contributed by atoms with Gasteiger partial charge in [0, 0.05) is 25.2 Å². The number of aromatic nitrogens is 1. The lowest BCUT2D eigenvalue weighted by molar-refractivity contribution is -0.137. The summed E-state index contributed by atoms with van der Waals surface area (Å²) < 4.78 is 42.9. The van der Waals surface area contributed by atoms with Crippen molar-refractivity contribution in [3.63, 3.8) is 0 Å². The number of ether oxygens (including phenoxy) is 1. The van der Waals surface area contributed by atoms with Gasteiger partial charge in [0.15, 0.2) is 0 Å². The average molecular weight is 448 g/mol. The maximum atomic E-state index is 12.7. The molecule has 0 bridgehead atoms. The van der Waals surface area contributed by atoms with Gasteiger partial charge in [-0.3, -0.25) is 4.79 Å². The third kappa shape index (κ3) is 4.99. The average Bonchev–Trinajstić information content (AvgIpc) is 3.15. The third-order valence-corrected chi connectivity index (χ3v) is 5.81. The SMILES string of the molecule is COC(=O)c1ccc(NC(=O)C2CCN(c3ncc(C(F)(F)F)cc3Cl)CC2)s1. The number of carbonyl (C=O) groups is 2. The molecule has 1 N–H and O–H groups in total. The first kappa shape index (κ1) is 21.4. The van der Waals surface area contributed by atoms with E-state index in [2.05, 4.69) is 15.0 Å². The quantitative estimate of drug-likeness (QED) is 0.701. The predicted octanol–water partition coefficient (Wildman–Crippen LogP) is 4.46. The first-order valence-corrected chi connectivity index (χ1v) is 9.85. The molecule has 11 heteroatoms. The van der Waals surface area contributed by atoms with Crippen molar-refractivity contribution in [3.8, 4) is 0 Å². The number of amides is 1. The molecule has 1 fully saturated rings. The van der Waals surface area contributed by atoms with Gasteiger partial charge < -0.3 is 15.0 Å². The van der Waals surface area contributed by atoms with Crippen molar-refractivity contribution in [2.24, 2.45) is 5.92 Å². The van der Waals surface area contributed by atoms with Crippen molar-refractivity contribution >= 4 is 45.6 Å². The Bertz CT molecular complexity index is 911. The summed E-state index contributed by atoms with van der Waals surface area (Å²) in [5, 5.41) is 3.26. The van der Waals surface area contributed by atoms with Crippen LogP contribution in [0.3, 0.4) is 0 Å². The standard InChI is InChI=1S/C18H17ClF3N3O3S/c1-28-17(27)13-2-3-14(29-13)24-16(26)10-4-6-25(7-5-10)15-12(19)8-11(9-23-15)18(20,21)22/h2-3,8-10H,4-7H2,1H3,(H,24,26).